The van der Waals surface area contributed by atoms with Crippen molar-refractivity contribution in [1.29, 1.82) is 0 Å². The van der Waals surface area contributed by atoms with Gasteiger partial charge in [0.2, 0.25) is 0 Å². The first-order chi connectivity index (χ1) is 11.5. The molecule has 2 aromatic rings. The molecule has 0 fully saturated rings. The number of benzene rings is 1. The lowest BCUT2D eigenvalue weighted by atomic mass is 10.2. The van der Waals surface area contributed by atoms with Gasteiger partial charge in [-0.25, -0.2) is 9.37 Å². The maximum absolute atomic E-state index is 13.5. The van der Waals surface area contributed by atoms with Crippen molar-refractivity contribution in [1.82, 2.24) is 15.2 Å². The lowest BCUT2D eigenvalue weighted by Crippen LogP contribution is -2.35. The number of amides is 2. The lowest BCUT2D eigenvalue weighted by Gasteiger charge is -2.20. The van der Waals surface area contributed by atoms with Gasteiger partial charge >= 0.3 is 11.8 Å². The standard InChI is InChI=1S/C16H17FN4O2S/c1-21-7-6-12-13(9-21)24-16(19-12)20-15(23)14(22)18-8-10-4-2-3-5-11(10)17/h2-5H,6-9H2,1H3,(H,18,22)(H,19,20,23). The molecule has 0 unspecified atom stereocenters. The van der Waals surface area contributed by atoms with E-state index in [0.29, 0.717) is 10.7 Å². The zero-order valence-electron chi connectivity index (χ0n) is 13.1. The van der Waals surface area contributed by atoms with Crippen LogP contribution in [-0.4, -0.2) is 35.3 Å². The Bertz CT molecular complexity index is 777. The van der Waals surface area contributed by atoms with Crippen LogP contribution < -0.4 is 10.6 Å². The zero-order chi connectivity index (χ0) is 17.1. The third-order valence-corrected chi connectivity index (χ3v) is 4.74. The van der Waals surface area contributed by atoms with Crippen LogP contribution in [0.1, 0.15) is 16.1 Å². The van der Waals surface area contributed by atoms with E-state index in [1.54, 1.807) is 18.2 Å². The predicted octanol–water partition coefficient (Wildman–Crippen LogP) is 1.53. The third kappa shape index (κ3) is 3.77. The van der Waals surface area contributed by atoms with Gasteiger partial charge in [0.25, 0.3) is 0 Å². The molecular weight excluding hydrogens is 331 g/mol. The van der Waals surface area contributed by atoms with E-state index in [1.807, 2.05) is 7.05 Å². The first kappa shape index (κ1) is 16.5. The van der Waals surface area contributed by atoms with Gasteiger partial charge < -0.3 is 10.2 Å². The number of halogens is 1. The summed E-state index contributed by atoms with van der Waals surface area (Å²) in [7, 11) is 2.02. The number of nitrogens with zero attached hydrogens (tertiary/aromatic N) is 2. The maximum atomic E-state index is 13.5. The number of rotatable bonds is 3. The highest BCUT2D eigenvalue weighted by Gasteiger charge is 2.21. The molecule has 6 nitrogen and oxygen atoms in total. The van der Waals surface area contributed by atoms with Crippen LogP contribution in [0.5, 0.6) is 0 Å². The molecule has 3 rings (SSSR count). The normalized spacial score (nSPS) is 14.1. The Morgan fingerprint density at radius 3 is 2.92 bits per heavy atom. The molecule has 2 heterocycles. The minimum absolute atomic E-state index is 0.0436. The van der Waals surface area contributed by atoms with Gasteiger partial charge in [-0.3, -0.25) is 14.9 Å². The summed E-state index contributed by atoms with van der Waals surface area (Å²) in [4.78, 5) is 31.4. The fourth-order valence-electron chi connectivity index (χ4n) is 2.43. The molecule has 0 saturated carbocycles. The second-order valence-electron chi connectivity index (χ2n) is 5.60. The van der Waals surface area contributed by atoms with E-state index in [2.05, 4.69) is 20.5 Å². The highest BCUT2D eigenvalue weighted by atomic mass is 32.1. The van der Waals surface area contributed by atoms with Crippen LogP contribution in [0.4, 0.5) is 9.52 Å². The van der Waals surface area contributed by atoms with E-state index < -0.39 is 17.6 Å². The van der Waals surface area contributed by atoms with Gasteiger partial charge in [-0.05, 0) is 13.1 Å². The second-order valence-corrected chi connectivity index (χ2v) is 6.69. The highest BCUT2D eigenvalue weighted by Crippen LogP contribution is 2.27. The number of fused-ring (bicyclic) bond motifs is 1. The van der Waals surface area contributed by atoms with Crippen molar-refractivity contribution in [3.05, 3.63) is 46.2 Å². The molecule has 0 bridgehead atoms. The first-order valence-electron chi connectivity index (χ1n) is 7.52. The summed E-state index contributed by atoms with van der Waals surface area (Å²) in [6, 6.07) is 6.09. The van der Waals surface area contributed by atoms with Crippen molar-refractivity contribution in [3.8, 4) is 0 Å². The van der Waals surface area contributed by atoms with Crippen LogP contribution in [-0.2, 0) is 29.1 Å². The largest absolute Gasteiger partial charge is 0.344 e. The number of thiazole rings is 1. The second kappa shape index (κ2) is 7.06. The lowest BCUT2D eigenvalue weighted by molar-refractivity contribution is -0.136. The SMILES string of the molecule is CN1CCc2nc(NC(=O)C(=O)NCc3ccccc3F)sc2C1. The van der Waals surface area contributed by atoms with Crippen LogP contribution in [0.3, 0.4) is 0 Å². The number of hydrogen-bond donors (Lipinski definition) is 2. The van der Waals surface area contributed by atoms with Crippen LogP contribution in [0, 0.1) is 5.82 Å². The van der Waals surface area contributed by atoms with Crippen LogP contribution in [0.15, 0.2) is 24.3 Å². The maximum Gasteiger partial charge on any atom is 0.315 e. The molecule has 2 amide bonds. The van der Waals surface area contributed by atoms with E-state index in [0.717, 1.165) is 30.1 Å². The third-order valence-electron chi connectivity index (χ3n) is 3.75. The van der Waals surface area contributed by atoms with Gasteiger partial charge in [-0.2, -0.15) is 0 Å². The first-order valence-corrected chi connectivity index (χ1v) is 8.34. The van der Waals surface area contributed by atoms with Gasteiger partial charge in [0.05, 0.1) is 5.69 Å². The van der Waals surface area contributed by atoms with E-state index in [1.165, 1.54) is 17.4 Å². The van der Waals surface area contributed by atoms with E-state index in [-0.39, 0.29) is 6.54 Å². The molecule has 0 saturated heterocycles. The van der Waals surface area contributed by atoms with Gasteiger partial charge in [0.1, 0.15) is 5.82 Å². The summed E-state index contributed by atoms with van der Waals surface area (Å²) in [6.07, 6.45) is 0.831. The van der Waals surface area contributed by atoms with Crippen LogP contribution in [0.2, 0.25) is 0 Å². The Balaban J connectivity index is 1.57. The van der Waals surface area contributed by atoms with E-state index in [9.17, 15) is 14.0 Å². The summed E-state index contributed by atoms with van der Waals surface area (Å²) in [6.45, 7) is 1.67. The minimum Gasteiger partial charge on any atom is -0.344 e. The molecule has 1 aliphatic heterocycles. The average Bonchev–Trinajstić information content (AvgIpc) is 2.95. The molecule has 1 aromatic heterocycles. The molecule has 0 atom stereocenters. The van der Waals surface area contributed by atoms with Gasteiger partial charge in [0, 0.05) is 36.5 Å². The predicted molar refractivity (Wildman–Crippen MR) is 89.0 cm³/mol. The van der Waals surface area contributed by atoms with E-state index in [4.69, 9.17) is 0 Å². The molecule has 8 heteroatoms. The zero-order valence-corrected chi connectivity index (χ0v) is 14.0. The summed E-state index contributed by atoms with van der Waals surface area (Å²) < 4.78 is 13.5. The number of aromatic nitrogens is 1. The molecule has 0 spiro atoms. The molecule has 2 N–H and O–H groups in total. The van der Waals surface area contributed by atoms with Crippen molar-refractivity contribution < 1.29 is 14.0 Å². The number of carbonyl (C=O) groups is 2. The minimum atomic E-state index is -0.816. The van der Waals surface area contributed by atoms with Gasteiger partial charge in [-0.15, -0.1) is 11.3 Å². The summed E-state index contributed by atoms with van der Waals surface area (Å²) >= 11 is 1.38. The number of likely N-dealkylation sites (N-methyl/N-ethyl adjacent to an activating group) is 1. The number of hydrogen-bond acceptors (Lipinski definition) is 5. The van der Waals surface area contributed by atoms with Crippen LogP contribution in [0.25, 0.3) is 0 Å². The summed E-state index contributed by atoms with van der Waals surface area (Å²) in [5, 5.41) is 5.33. The monoisotopic (exact) mass is 348 g/mol. The highest BCUT2D eigenvalue weighted by molar-refractivity contribution is 7.16. The Labute approximate surface area is 142 Å². The fraction of sp³-hybridized carbons (Fsp3) is 0.312. The van der Waals surface area contributed by atoms with Crippen LogP contribution >= 0.6 is 11.3 Å². The Hall–Kier alpha value is -2.32. The molecule has 0 aliphatic carbocycles. The fourth-order valence-corrected chi connectivity index (χ4v) is 3.51. The van der Waals surface area contributed by atoms with Crippen molar-refractivity contribution in [2.24, 2.45) is 0 Å². The molecule has 1 aromatic carbocycles. The van der Waals surface area contributed by atoms with E-state index >= 15 is 0 Å². The smallest absolute Gasteiger partial charge is 0.315 e. The Morgan fingerprint density at radius 1 is 1.33 bits per heavy atom. The molecule has 0 radical (unpaired) electrons. The molecule has 24 heavy (non-hydrogen) atoms. The number of nitrogens with one attached hydrogen (secondary N) is 2. The summed E-state index contributed by atoms with van der Waals surface area (Å²) in [5.41, 5.74) is 1.30. The number of anilines is 1. The Kier molecular flexibility index (Phi) is 4.86. The molecule has 1 aliphatic rings. The topological polar surface area (TPSA) is 74.3 Å². The van der Waals surface area contributed by atoms with Gasteiger partial charge in [-0.1, -0.05) is 18.2 Å². The number of carbonyl (C=O) groups excluding carboxylic acids is 2. The van der Waals surface area contributed by atoms with Crippen molar-refractivity contribution >= 4 is 28.3 Å². The van der Waals surface area contributed by atoms with Crippen molar-refractivity contribution in [3.63, 3.8) is 0 Å². The van der Waals surface area contributed by atoms with Crippen molar-refractivity contribution in [2.45, 2.75) is 19.5 Å². The molecule has 126 valence electrons. The Morgan fingerprint density at radius 2 is 2.12 bits per heavy atom. The summed E-state index contributed by atoms with van der Waals surface area (Å²) in [5.74, 6) is -2.04. The van der Waals surface area contributed by atoms with Crippen molar-refractivity contribution in [2.75, 3.05) is 18.9 Å². The quantitative estimate of drug-likeness (QED) is 0.825. The average molecular weight is 348 g/mol. The molecular formula is C16H17FN4O2S. The van der Waals surface area contributed by atoms with Gasteiger partial charge in [0.15, 0.2) is 5.13 Å².